The maximum Gasteiger partial charge on any atom is 0.124 e. The molecular formula is C17H24O. The third-order valence-electron chi connectivity index (χ3n) is 4.33. The number of hydrogen-bond donors (Lipinski definition) is 0. The average Bonchev–Trinajstić information content (AvgIpc) is 2.40. The fraction of sp³-hybridized carbons (Fsp3) is 0.588. The van der Waals surface area contributed by atoms with E-state index in [0.717, 1.165) is 12.7 Å². The summed E-state index contributed by atoms with van der Waals surface area (Å²) in [6.45, 7) is 4.38. The second-order valence-electron chi connectivity index (χ2n) is 5.54. The average molecular weight is 244 g/mol. The van der Waals surface area contributed by atoms with Crippen LogP contribution in [-0.2, 0) is 17.6 Å². The summed E-state index contributed by atoms with van der Waals surface area (Å²) in [6.07, 6.45) is 9.40. The Balaban J connectivity index is 2.37. The first-order valence-corrected chi connectivity index (χ1v) is 7.32. The van der Waals surface area contributed by atoms with Gasteiger partial charge in [0.05, 0.1) is 0 Å². The van der Waals surface area contributed by atoms with Crippen LogP contribution in [0.3, 0.4) is 0 Å². The number of hydrogen-bond acceptors (Lipinski definition) is 1. The van der Waals surface area contributed by atoms with E-state index in [0.29, 0.717) is 12.3 Å². The van der Waals surface area contributed by atoms with Crippen molar-refractivity contribution in [2.45, 2.75) is 64.7 Å². The minimum atomic E-state index is 0.580. The minimum Gasteiger partial charge on any atom is -0.303 e. The topological polar surface area (TPSA) is 17.1 Å². The van der Waals surface area contributed by atoms with Crippen LogP contribution in [0.5, 0.6) is 0 Å². The second kappa shape index (κ2) is 6.17. The van der Waals surface area contributed by atoms with Crippen molar-refractivity contribution in [3.63, 3.8) is 0 Å². The summed E-state index contributed by atoms with van der Waals surface area (Å²) in [5.41, 5.74) is 5.52. The second-order valence-corrected chi connectivity index (χ2v) is 5.54. The maximum absolute atomic E-state index is 10.9. The predicted molar refractivity (Wildman–Crippen MR) is 76.2 cm³/mol. The zero-order chi connectivity index (χ0) is 13.0. The van der Waals surface area contributed by atoms with Crippen LogP contribution in [0, 0.1) is 6.92 Å². The van der Waals surface area contributed by atoms with Crippen molar-refractivity contribution in [1.82, 2.24) is 0 Å². The summed E-state index contributed by atoms with van der Waals surface area (Å²) in [5.74, 6) is 0.694. The molecule has 0 amide bonds. The summed E-state index contributed by atoms with van der Waals surface area (Å²) in [5, 5.41) is 0. The van der Waals surface area contributed by atoms with Gasteiger partial charge in [0.15, 0.2) is 0 Å². The van der Waals surface area contributed by atoms with Crippen molar-refractivity contribution >= 4 is 6.29 Å². The Labute approximate surface area is 111 Å². The molecule has 0 N–H and O–H groups in total. The lowest BCUT2D eigenvalue weighted by Crippen LogP contribution is -2.09. The summed E-state index contributed by atoms with van der Waals surface area (Å²) in [7, 11) is 0. The van der Waals surface area contributed by atoms with Gasteiger partial charge in [-0.3, -0.25) is 0 Å². The van der Waals surface area contributed by atoms with E-state index >= 15 is 0 Å². The smallest absolute Gasteiger partial charge is 0.124 e. The van der Waals surface area contributed by atoms with Crippen molar-refractivity contribution in [2.75, 3.05) is 0 Å². The van der Waals surface area contributed by atoms with E-state index < -0.39 is 0 Å². The highest BCUT2D eigenvalue weighted by Crippen LogP contribution is 2.35. The van der Waals surface area contributed by atoms with Gasteiger partial charge in [-0.2, -0.15) is 0 Å². The van der Waals surface area contributed by atoms with E-state index in [1.807, 2.05) is 0 Å². The van der Waals surface area contributed by atoms with Crippen LogP contribution in [0.15, 0.2) is 12.1 Å². The van der Waals surface area contributed by atoms with E-state index in [1.165, 1.54) is 54.4 Å². The standard InChI is InChI=1S/C17H24O/c1-3-14-12-17(15-7-5-4-6-8-15)16(9-10-18)11-13(14)2/h10-12,15H,3-9H2,1-2H3. The van der Waals surface area contributed by atoms with Crippen LogP contribution >= 0.6 is 0 Å². The Morgan fingerprint density at radius 2 is 1.89 bits per heavy atom. The summed E-state index contributed by atoms with van der Waals surface area (Å²) in [4.78, 5) is 10.9. The van der Waals surface area contributed by atoms with Crippen LogP contribution in [0.25, 0.3) is 0 Å². The Bertz CT molecular complexity index is 414. The minimum absolute atomic E-state index is 0.580. The molecule has 0 aromatic heterocycles. The lowest BCUT2D eigenvalue weighted by molar-refractivity contribution is -0.107. The van der Waals surface area contributed by atoms with Gasteiger partial charge in [-0.1, -0.05) is 38.3 Å². The number of aldehydes is 1. The highest BCUT2D eigenvalue weighted by atomic mass is 16.1. The molecular weight excluding hydrogens is 220 g/mol. The molecule has 0 aliphatic heterocycles. The first-order chi connectivity index (χ1) is 8.76. The molecule has 1 fully saturated rings. The number of benzene rings is 1. The van der Waals surface area contributed by atoms with Crippen molar-refractivity contribution in [1.29, 1.82) is 0 Å². The first kappa shape index (κ1) is 13.3. The number of aryl methyl sites for hydroxylation is 2. The monoisotopic (exact) mass is 244 g/mol. The summed E-state index contributed by atoms with van der Waals surface area (Å²) >= 11 is 0. The molecule has 1 aliphatic carbocycles. The Morgan fingerprint density at radius 1 is 1.17 bits per heavy atom. The van der Waals surface area contributed by atoms with E-state index in [-0.39, 0.29) is 0 Å². The first-order valence-electron chi connectivity index (χ1n) is 7.32. The van der Waals surface area contributed by atoms with Gasteiger partial charge in [0.25, 0.3) is 0 Å². The molecule has 0 spiro atoms. The molecule has 1 aliphatic rings. The molecule has 2 rings (SSSR count). The Hall–Kier alpha value is -1.11. The fourth-order valence-electron chi connectivity index (χ4n) is 3.27. The third-order valence-corrected chi connectivity index (χ3v) is 4.33. The largest absolute Gasteiger partial charge is 0.303 e. The summed E-state index contributed by atoms with van der Waals surface area (Å²) < 4.78 is 0. The number of carbonyl (C=O) groups is 1. The number of rotatable bonds is 4. The molecule has 0 atom stereocenters. The van der Waals surface area contributed by atoms with Crippen molar-refractivity contribution in [3.05, 3.63) is 34.4 Å². The fourth-order valence-corrected chi connectivity index (χ4v) is 3.27. The Kier molecular flexibility index (Phi) is 4.57. The molecule has 1 aromatic rings. The SMILES string of the molecule is CCc1cc(C2CCCCC2)c(CC=O)cc1C. The van der Waals surface area contributed by atoms with Crippen molar-refractivity contribution in [2.24, 2.45) is 0 Å². The molecule has 0 radical (unpaired) electrons. The van der Waals surface area contributed by atoms with E-state index in [1.54, 1.807) is 0 Å². The van der Waals surface area contributed by atoms with Gasteiger partial charge in [0.1, 0.15) is 6.29 Å². The number of carbonyl (C=O) groups excluding carboxylic acids is 1. The van der Waals surface area contributed by atoms with Gasteiger partial charge in [-0.05, 0) is 54.4 Å². The molecule has 0 saturated heterocycles. The normalized spacial score (nSPS) is 16.8. The van der Waals surface area contributed by atoms with E-state index in [4.69, 9.17) is 0 Å². The zero-order valence-electron chi connectivity index (χ0n) is 11.7. The van der Waals surface area contributed by atoms with Crippen LogP contribution in [-0.4, -0.2) is 6.29 Å². The Morgan fingerprint density at radius 3 is 2.50 bits per heavy atom. The molecule has 1 heteroatoms. The van der Waals surface area contributed by atoms with Gasteiger partial charge in [-0.15, -0.1) is 0 Å². The van der Waals surface area contributed by atoms with Gasteiger partial charge in [0.2, 0.25) is 0 Å². The molecule has 1 saturated carbocycles. The van der Waals surface area contributed by atoms with Gasteiger partial charge in [0, 0.05) is 6.42 Å². The van der Waals surface area contributed by atoms with E-state index in [2.05, 4.69) is 26.0 Å². The quantitative estimate of drug-likeness (QED) is 0.720. The molecule has 18 heavy (non-hydrogen) atoms. The molecule has 0 bridgehead atoms. The zero-order valence-corrected chi connectivity index (χ0v) is 11.7. The lowest BCUT2D eigenvalue weighted by atomic mass is 9.80. The van der Waals surface area contributed by atoms with Crippen LogP contribution < -0.4 is 0 Å². The van der Waals surface area contributed by atoms with E-state index in [9.17, 15) is 4.79 Å². The van der Waals surface area contributed by atoms with Crippen LogP contribution in [0.4, 0.5) is 0 Å². The highest BCUT2D eigenvalue weighted by Gasteiger charge is 2.19. The molecule has 1 aromatic carbocycles. The van der Waals surface area contributed by atoms with Crippen LogP contribution in [0.1, 0.15) is 67.2 Å². The molecule has 1 nitrogen and oxygen atoms in total. The van der Waals surface area contributed by atoms with Crippen molar-refractivity contribution < 1.29 is 4.79 Å². The van der Waals surface area contributed by atoms with Gasteiger partial charge >= 0.3 is 0 Å². The molecule has 98 valence electrons. The van der Waals surface area contributed by atoms with Crippen LogP contribution in [0.2, 0.25) is 0 Å². The predicted octanol–water partition coefficient (Wildman–Crippen LogP) is 4.35. The lowest BCUT2D eigenvalue weighted by Gasteiger charge is -2.25. The highest BCUT2D eigenvalue weighted by molar-refractivity contribution is 5.57. The molecule has 0 heterocycles. The maximum atomic E-state index is 10.9. The third kappa shape index (κ3) is 2.82. The van der Waals surface area contributed by atoms with Gasteiger partial charge in [-0.25, -0.2) is 0 Å². The van der Waals surface area contributed by atoms with Gasteiger partial charge < -0.3 is 4.79 Å². The van der Waals surface area contributed by atoms with Crippen molar-refractivity contribution in [3.8, 4) is 0 Å². The molecule has 0 unspecified atom stereocenters. The summed E-state index contributed by atoms with van der Waals surface area (Å²) in [6, 6.07) is 4.63.